The van der Waals surface area contributed by atoms with Gasteiger partial charge in [0.15, 0.2) is 0 Å². The minimum absolute atomic E-state index is 0.0732. The summed E-state index contributed by atoms with van der Waals surface area (Å²) < 4.78 is 105. The maximum atomic E-state index is 13.0. The van der Waals surface area contributed by atoms with Crippen molar-refractivity contribution in [3.63, 3.8) is 0 Å². The van der Waals surface area contributed by atoms with E-state index >= 15 is 0 Å². The lowest BCUT2D eigenvalue weighted by atomic mass is 9.97. The van der Waals surface area contributed by atoms with E-state index < -0.39 is 42.9 Å². The van der Waals surface area contributed by atoms with Crippen LogP contribution in [0.25, 0.3) is 0 Å². The first-order valence-electron chi connectivity index (χ1n) is 19.0. The van der Waals surface area contributed by atoms with Crippen LogP contribution in [-0.2, 0) is 43.0 Å². The van der Waals surface area contributed by atoms with Crippen LogP contribution in [0, 0.1) is 23.5 Å². The summed E-state index contributed by atoms with van der Waals surface area (Å²) in [5.74, 6) is -4.22. The number of nitrogens with one attached hydrogen (secondary N) is 1. The van der Waals surface area contributed by atoms with Crippen LogP contribution in [0.3, 0.4) is 0 Å². The van der Waals surface area contributed by atoms with Gasteiger partial charge in [0.05, 0.1) is 9.79 Å². The second-order valence-electron chi connectivity index (χ2n) is 13.7. The van der Waals surface area contributed by atoms with E-state index in [-0.39, 0.29) is 39.3 Å². The molecule has 62 heavy (non-hydrogen) atoms. The molecule has 0 saturated carbocycles. The molecule has 0 aromatic heterocycles. The number of rotatable bonds is 7. The number of hydrogen-bond acceptors (Lipinski definition) is 10. The van der Waals surface area contributed by atoms with Gasteiger partial charge in [-0.25, -0.2) is 30.4 Å². The van der Waals surface area contributed by atoms with Crippen LogP contribution in [0.5, 0.6) is 0 Å². The average Bonchev–Trinajstić information content (AvgIpc) is 3.23. The summed E-state index contributed by atoms with van der Waals surface area (Å²) in [6, 6.07) is 9.08. The van der Waals surface area contributed by atoms with Crippen molar-refractivity contribution in [1.82, 2.24) is 19.4 Å². The van der Waals surface area contributed by atoms with Crippen molar-refractivity contribution in [1.29, 1.82) is 0 Å². The molecule has 0 atom stereocenters. The Labute approximate surface area is 359 Å². The second-order valence-corrected chi connectivity index (χ2v) is 18.2. The number of amides is 4. The third-order valence-corrected chi connectivity index (χ3v) is 12.6. The third kappa shape index (κ3) is 17.0. The predicted octanol–water partition coefficient (Wildman–Crippen LogP) is 5.34. The molecule has 0 bridgehead atoms. The summed E-state index contributed by atoms with van der Waals surface area (Å²) in [7, 11) is -2.40. The maximum Gasteiger partial charge on any atom is 0.490 e. The number of sulfonamides is 1. The lowest BCUT2D eigenvalue weighted by molar-refractivity contribution is -0.192. The number of imide groups is 2. The molecular weight excluding hydrogens is 891 g/mol. The molecule has 0 aliphatic carbocycles. The highest BCUT2D eigenvalue weighted by molar-refractivity contribution is 8.13. The van der Waals surface area contributed by atoms with Crippen LogP contribution in [0.15, 0.2) is 107 Å². The van der Waals surface area contributed by atoms with Crippen molar-refractivity contribution in [3.05, 3.63) is 109 Å². The summed E-state index contributed by atoms with van der Waals surface area (Å²) in [6.07, 6.45) is 12.7. The Bertz CT molecular complexity index is 2220. The van der Waals surface area contributed by atoms with E-state index in [1.807, 2.05) is 12.2 Å². The Kier molecular flexibility index (Phi) is 19.8. The average molecular weight is 935 g/mol. The van der Waals surface area contributed by atoms with Crippen molar-refractivity contribution in [2.45, 2.75) is 54.5 Å². The first kappa shape index (κ1) is 51.3. The van der Waals surface area contributed by atoms with E-state index in [4.69, 9.17) is 20.6 Å². The molecule has 2 N–H and O–H groups in total. The zero-order chi connectivity index (χ0) is 46.1. The number of halogens is 6. The van der Waals surface area contributed by atoms with Gasteiger partial charge in [-0.2, -0.15) is 17.5 Å². The van der Waals surface area contributed by atoms with Gasteiger partial charge in [-0.05, 0) is 136 Å². The largest absolute Gasteiger partial charge is 0.490 e. The first-order chi connectivity index (χ1) is 29.1. The molecule has 22 heteroatoms. The van der Waals surface area contributed by atoms with Crippen molar-refractivity contribution >= 4 is 59.4 Å². The Balaban J connectivity index is 0.000000249. The maximum absolute atomic E-state index is 13.0. The van der Waals surface area contributed by atoms with Gasteiger partial charge >= 0.3 is 12.1 Å². The molecule has 2 aromatic rings. The molecule has 4 aliphatic heterocycles. The lowest BCUT2D eigenvalue weighted by Crippen LogP contribution is -2.38. The number of allylic oxidation sites excluding steroid dienone is 2. The van der Waals surface area contributed by atoms with Crippen molar-refractivity contribution in [2.24, 2.45) is 11.8 Å². The number of benzene rings is 2. The lowest BCUT2D eigenvalue weighted by Gasteiger charge is -2.30. The monoisotopic (exact) mass is 934 g/mol. The zero-order valence-corrected chi connectivity index (χ0v) is 35.3. The number of aliphatic carboxylic acids is 1. The standard InChI is InChI=1S/C19H21FN2O4S.C13H18N2O2.C6H4ClFO2S.C2HF3O2/c20-16-5-7-17(8-6-16)27(25,26)21-13-10-15(11-14-21)4-9-19(24)22-12-2-1-3-18(22)23;16-12-3-1-2-10-15(12)13(17)5-4-11-6-8-14-9-7-11;7-11(9,10)6-3-1-5(8)2-4-6;3-2(4,5)1(6)7/h1,3-9,15H,2,10-14H2;1,3-5,11,14H,2,6-10H2;1-4H;(H,6,7)/b9-4+;5-4+;;. The van der Waals surface area contributed by atoms with Crippen molar-refractivity contribution in [2.75, 3.05) is 39.3 Å². The number of carbonyl (C=O) groups excluding carboxylic acids is 4. The van der Waals surface area contributed by atoms with Crippen LogP contribution in [0.1, 0.15) is 38.5 Å². The molecular formula is C40H44ClF5N4O10S2. The Morgan fingerprint density at radius 1 is 0.677 bits per heavy atom. The minimum atomic E-state index is -5.08. The van der Waals surface area contributed by atoms with Gasteiger partial charge in [-0.1, -0.05) is 24.3 Å². The molecule has 4 heterocycles. The molecule has 4 aliphatic rings. The molecule has 0 radical (unpaired) electrons. The van der Waals surface area contributed by atoms with Crippen LogP contribution in [0.2, 0.25) is 0 Å². The molecule has 2 saturated heterocycles. The SMILES string of the molecule is O=C(O)C(F)(F)F.O=C1C=CCCN1C(=O)/C=C/C1CCN(S(=O)(=O)c2ccc(F)cc2)CC1.O=C1C=CCCN1C(=O)/C=C/C1CCNCC1.O=S(=O)(Cl)c1ccc(F)cc1. The number of alkyl halides is 3. The fourth-order valence-corrected chi connectivity index (χ4v) is 8.17. The van der Waals surface area contributed by atoms with Gasteiger partial charge < -0.3 is 10.4 Å². The van der Waals surface area contributed by atoms with E-state index in [0.717, 1.165) is 68.8 Å². The molecule has 2 fully saturated rings. The first-order valence-corrected chi connectivity index (χ1v) is 22.7. The molecule has 14 nitrogen and oxygen atoms in total. The fourth-order valence-electron chi connectivity index (χ4n) is 5.93. The number of piperidine rings is 2. The van der Waals surface area contributed by atoms with Gasteiger partial charge in [0.2, 0.25) is 10.0 Å². The number of carboxylic acid groups (broad SMARTS) is 1. The van der Waals surface area contributed by atoms with Gasteiger partial charge in [0.1, 0.15) is 11.6 Å². The highest BCUT2D eigenvalue weighted by Gasteiger charge is 2.38. The normalized spacial score (nSPS) is 18.0. The van der Waals surface area contributed by atoms with Crippen molar-refractivity contribution in [3.8, 4) is 0 Å². The van der Waals surface area contributed by atoms with Crippen LogP contribution in [0.4, 0.5) is 22.0 Å². The highest BCUT2D eigenvalue weighted by Crippen LogP contribution is 2.25. The number of nitrogens with zero attached hydrogens (tertiary/aromatic N) is 3. The molecule has 4 amide bonds. The van der Waals surface area contributed by atoms with Crippen LogP contribution < -0.4 is 5.32 Å². The van der Waals surface area contributed by atoms with Gasteiger partial charge in [0.25, 0.3) is 32.7 Å². The van der Waals surface area contributed by atoms with E-state index in [9.17, 15) is 58.0 Å². The second kappa shape index (κ2) is 23.9. The number of carboxylic acids is 1. The summed E-state index contributed by atoms with van der Waals surface area (Å²) in [5, 5.41) is 10.4. The Morgan fingerprint density at radius 3 is 1.44 bits per heavy atom. The molecule has 0 unspecified atom stereocenters. The minimum Gasteiger partial charge on any atom is -0.475 e. The van der Waals surface area contributed by atoms with E-state index in [0.29, 0.717) is 51.4 Å². The van der Waals surface area contributed by atoms with Gasteiger partial charge in [-0.15, -0.1) is 0 Å². The quantitative estimate of drug-likeness (QED) is 0.207. The van der Waals surface area contributed by atoms with Crippen LogP contribution in [-0.4, -0.2) is 111 Å². The zero-order valence-electron chi connectivity index (χ0n) is 32.9. The molecule has 338 valence electrons. The van der Waals surface area contributed by atoms with Gasteiger partial charge in [0, 0.05) is 36.9 Å². The number of hydrogen-bond donors (Lipinski definition) is 2. The Morgan fingerprint density at radius 2 is 1.06 bits per heavy atom. The van der Waals surface area contributed by atoms with Crippen molar-refractivity contribution < 1.29 is 67.9 Å². The van der Waals surface area contributed by atoms with E-state index in [1.54, 1.807) is 18.2 Å². The third-order valence-electron chi connectivity index (χ3n) is 9.32. The summed E-state index contributed by atoms with van der Waals surface area (Å²) in [5.41, 5.74) is 0. The summed E-state index contributed by atoms with van der Waals surface area (Å²) in [6.45, 7) is 3.56. The van der Waals surface area contributed by atoms with E-state index in [1.165, 1.54) is 44.5 Å². The smallest absolute Gasteiger partial charge is 0.475 e. The van der Waals surface area contributed by atoms with Gasteiger partial charge in [-0.3, -0.25) is 29.0 Å². The van der Waals surface area contributed by atoms with E-state index in [2.05, 4.69) is 5.32 Å². The summed E-state index contributed by atoms with van der Waals surface area (Å²) >= 11 is 0. The molecule has 0 spiro atoms. The Hall–Kier alpha value is -5.09. The fraction of sp³-hybridized carbons (Fsp3) is 0.375. The molecule has 2 aromatic carbocycles. The van der Waals surface area contributed by atoms with Crippen LogP contribution >= 0.6 is 10.7 Å². The molecule has 6 rings (SSSR count). The number of carbonyl (C=O) groups is 5. The topological polar surface area (TPSA) is 196 Å². The predicted molar refractivity (Wildman–Crippen MR) is 216 cm³/mol. The highest BCUT2D eigenvalue weighted by atomic mass is 35.7. The summed E-state index contributed by atoms with van der Waals surface area (Å²) in [4.78, 5) is 58.5.